The molecule has 0 amide bonds. The molecule has 0 saturated heterocycles. The number of benzene rings is 1. The van der Waals surface area contributed by atoms with Crippen LogP contribution >= 0.6 is 0 Å². The first-order valence-electron chi connectivity index (χ1n) is 7.00. The van der Waals surface area contributed by atoms with Gasteiger partial charge in [-0.05, 0) is 50.8 Å². The third-order valence-electron chi connectivity index (χ3n) is 4.46. The Morgan fingerprint density at radius 2 is 1.72 bits per heavy atom. The van der Waals surface area contributed by atoms with Crippen LogP contribution in [-0.4, -0.2) is 25.0 Å². The summed E-state index contributed by atoms with van der Waals surface area (Å²) in [5.74, 6) is 0. The number of hydrogen-bond acceptors (Lipinski definition) is 2. The van der Waals surface area contributed by atoms with Crippen LogP contribution in [0.3, 0.4) is 0 Å². The van der Waals surface area contributed by atoms with Crippen LogP contribution in [0.15, 0.2) is 30.3 Å². The molecule has 2 nitrogen and oxygen atoms in total. The summed E-state index contributed by atoms with van der Waals surface area (Å²) in [5.41, 5.74) is 7.84. The molecule has 2 rings (SSSR count). The fourth-order valence-corrected chi connectivity index (χ4v) is 3.53. The minimum absolute atomic E-state index is 0.348. The lowest BCUT2D eigenvalue weighted by Crippen LogP contribution is -2.41. The highest BCUT2D eigenvalue weighted by Crippen LogP contribution is 2.47. The summed E-state index contributed by atoms with van der Waals surface area (Å²) in [7, 11) is 4.38. The zero-order valence-electron chi connectivity index (χ0n) is 11.9. The summed E-state index contributed by atoms with van der Waals surface area (Å²) in [6.45, 7) is 2.43. The Kier molecular flexibility index (Phi) is 4.08. The Labute approximate surface area is 111 Å². The van der Waals surface area contributed by atoms with Gasteiger partial charge in [0.15, 0.2) is 0 Å². The molecule has 1 atom stereocenters. The van der Waals surface area contributed by atoms with E-state index in [1.807, 2.05) is 0 Å². The van der Waals surface area contributed by atoms with E-state index in [4.69, 9.17) is 5.73 Å². The fraction of sp³-hybridized carbons (Fsp3) is 0.625. The maximum absolute atomic E-state index is 6.06. The lowest BCUT2D eigenvalue weighted by molar-refractivity contribution is 0.0701. The molecule has 2 N–H and O–H groups in total. The van der Waals surface area contributed by atoms with Gasteiger partial charge in [0.05, 0.1) is 0 Å². The van der Waals surface area contributed by atoms with Crippen molar-refractivity contribution in [2.24, 2.45) is 11.1 Å². The third-order valence-corrected chi connectivity index (χ3v) is 4.46. The van der Waals surface area contributed by atoms with E-state index in [-0.39, 0.29) is 0 Å². The minimum atomic E-state index is 0.348. The van der Waals surface area contributed by atoms with E-state index in [1.54, 1.807) is 0 Å². The highest BCUT2D eigenvalue weighted by molar-refractivity contribution is 5.21. The van der Waals surface area contributed by atoms with Gasteiger partial charge in [0.1, 0.15) is 0 Å². The average molecular weight is 246 g/mol. The molecule has 0 spiro atoms. The molecule has 1 saturated carbocycles. The van der Waals surface area contributed by atoms with E-state index >= 15 is 0 Å². The van der Waals surface area contributed by atoms with E-state index in [0.717, 1.165) is 12.8 Å². The molecule has 0 heterocycles. The van der Waals surface area contributed by atoms with Gasteiger partial charge >= 0.3 is 0 Å². The minimum Gasteiger partial charge on any atom is -0.328 e. The van der Waals surface area contributed by atoms with Gasteiger partial charge in [-0.3, -0.25) is 0 Å². The van der Waals surface area contributed by atoms with Gasteiger partial charge in [0.25, 0.3) is 0 Å². The Bertz CT molecular complexity index is 364. The van der Waals surface area contributed by atoms with E-state index in [1.165, 1.54) is 18.4 Å². The lowest BCUT2D eigenvalue weighted by atomic mass is 9.67. The molecular weight excluding hydrogens is 220 g/mol. The van der Waals surface area contributed by atoms with Crippen molar-refractivity contribution < 1.29 is 0 Å². The van der Waals surface area contributed by atoms with Crippen LogP contribution in [0.4, 0.5) is 0 Å². The second-order valence-electron chi connectivity index (χ2n) is 6.27. The molecule has 1 fully saturated rings. The molecule has 100 valence electrons. The van der Waals surface area contributed by atoms with Crippen molar-refractivity contribution in [2.45, 2.75) is 44.7 Å². The van der Waals surface area contributed by atoms with Gasteiger partial charge in [-0.15, -0.1) is 0 Å². The average Bonchev–Trinajstić information content (AvgIpc) is 2.34. The number of rotatable bonds is 3. The van der Waals surface area contributed by atoms with Crippen molar-refractivity contribution in [3.05, 3.63) is 35.9 Å². The molecule has 1 aromatic rings. The summed E-state index contributed by atoms with van der Waals surface area (Å²) in [4.78, 5) is 2.37. The van der Waals surface area contributed by atoms with E-state index in [0.29, 0.717) is 17.5 Å². The van der Waals surface area contributed by atoms with Crippen molar-refractivity contribution in [3.63, 3.8) is 0 Å². The SMILES string of the molecule is CN(C)C(c1ccccc1)C1(C)CCC(N)CC1. The smallest absolute Gasteiger partial charge is 0.0395 e. The second-order valence-corrected chi connectivity index (χ2v) is 6.27. The topological polar surface area (TPSA) is 29.3 Å². The molecule has 1 aromatic carbocycles. The van der Waals surface area contributed by atoms with Gasteiger partial charge in [-0.1, -0.05) is 37.3 Å². The first kappa shape index (κ1) is 13.6. The van der Waals surface area contributed by atoms with Crippen LogP contribution in [0, 0.1) is 5.41 Å². The molecule has 1 aliphatic rings. The largest absolute Gasteiger partial charge is 0.328 e. The first-order valence-corrected chi connectivity index (χ1v) is 7.00. The van der Waals surface area contributed by atoms with Gasteiger partial charge in [0.2, 0.25) is 0 Å². The van der Waals surface area contributed by atoms with Crippen LogP contribution < -0.4 is 5.73 Å². The summed E-state index contributed by atoms with van der Waals surface area (Å²) in [6, 6.07) is 11.8. The van der Waals surface area contributed by atoms with Gasteiger partial charge in [-0.25, -0.2) is 0 Å². The molecule has 1 unspecified atom stereocenters. The number of hydrogen-bond donors (Lipinski definition) is 1. The Balaban J connectivity index is 2.25. The van der Waals surface area contributed by atoms with Gasteiger partial charge in [-0.2, -0.15) is 0 Å². The monoisotopic (exact) mass is 246 g/mol. The van der Waals surface area contributed by atoms with Crippen LogP contribution in [0.1, 0.15) is 44.2 Å². The maximum atomic E-state index is 6.06. The number of nitrogens with two attached hydrogens (primary N) is 1. The fourth-order valence-electron chi connectivity index (χ4n) is 3.53. The van der Waals surface area contributed by atoms with E-state index in [2.05, 4.69) is 56.3 Å². The Hall–Kier alpha value is -0.860. The van der Waals surface area contributed by atoms with Crippen molar-refractivity contribution in [2.75, 3.05) is 14.1 Å². The molecule has 0 radical (unpaired) electrons. The zero-order chi connectivity index (χ0) is 13.2. The van der Waals surface area contributed by atoms with Crippen LogP contribution in [0.5, 0.6) is 0 Å². The highest BCUT2D eigenvalue weighted by atomic mass is 15.1. The highest BCUT2D eigenvalue weighted by Gasteiger charge is 2.39. The summed E-state index contributed by atoms with van der Waals surface area (Å²) in [6.07, 6.45) is 4.78. The second kappa shape index (κ2) is 5.41. The third kappa shape index (κ3) is 2.76. The molecule has 1 aliphatic carbocycles. The Morgan fingerprint density at radius 1 is 1.17 bits per heavy atom. The van der Waals surface area contributed by atoms with E-state index < -0.39 is 0 Å². The van der Waals surface area contributed by atoms with Crippen molar-refractivity contribution in [1.29, 1.82) is 0 Å². The molecule has 0 aliphatic heterocycles. The maximum Gasteiger partial charge on any atom is 0.0395 e. The van der Waals surface area contributed by atoms with Crippen LogP contribution in [-0.2, 0) is 0 Å². The summed E-state index contributed by atoms with van der Waals surface area (Å²) >= 11 is 0. The quantitative estimate of drug-likeness (QED) is 0.887. The van der Waals surface area contributed by atoms with Crippen molar-refractivity contribution in [1.82, 2.24) is 4.90 Å². The van der Waals surface area contributed by atoms with Gasteiger partial charge in [0, 0.05) is 12.1 Å². The number of nitrogens with zero attached hydrogens (tertiary/aromatic N) is 1. The predicted molar refractivity (Wildman–Crippen MR) is 77.4 cm³/mol. The van der Waals surface area contributed by atoms with Crippen molar-refractivity contribution >= 4 is 0 Å². The van der Waals surface area contributed by atoms with Crippen LogP contribution in [0.25, 0.3) is 0 Å². The summed E-state index contributed by atoms with van der Waals surface area (Å²) < 4.78 is 0. The van der Waals surface area contributed by atoms with Gasteiger partial charge < -0.3 is 10.6 Å². The molecule has 2 heteroatoms. The standard InChI is InChI=1S/C16H26N2/c1-16(11-9-14(17)10-12-16)15(18(2)3)13-7-5-4-6-8-13/h4-8,14-15H,9-12,17H2,1-3H3. The normalized spacial score (nSPS) is 30.4. The van der Waals surface area contributed by atoms with Crippen molar-refractivity contribution in [3.8, 4) is 0 Å². The van der Waals surface area contributed by atoms with Crippen LogP contribution in [0.2, 0.25) is 0 Å². The zero-order valence-corrected chi connectivity index (χ0v) is 11.9. The summed E-state index contributed by atoms with van der Waals surface area (Å²) in [5, 5.41) is 0. The predicted octanol–water partition coefficient (Wildman–Crippen LogP) is 3.20. The lowest BCUT2D eigenvalue weighted by Gasteiger charge is -2.45. The molecule has 18 heavy (non-hydrogen) atoms. The molecular formula is C16H26N2. The molecule has 0 bridgehead atoms. The molecule has 0 aromatic heterocycles. The Morgan fingerprint density at radius 3 is 2.22 bits per heavy atom. The first-order chi connectivity index (χ1) is 8.53. The van der Waals surface area contributed by atoms with E-state index in [9.17, 15) is 0 Å².